The van der Waals surface area contributed by atoms with Crippen molar-refractivity contribution in [1.82, 2.24) is 0 Å². The monoisotopic (exact) mass is 387 g/mol. The predicted molar refractivity (Wildman–Crippen MR) is 118 cm³/mol. The minimum atomic E-state index is -1.71. The molecular formula is C23H39OSi2. The highest BCUT2D eigenvalue weighted by Gasteiger charge is 2.53. The van der Waals surface area contributed by atoms with Crippen LogP contribution in [-0.4, -0.2) is 22.7 Å². The van der Waals surface area contributed by atoms with Gasteiger partial charge < -0.3 is 4.43 Å². The van der Waals surface area contributed by atoms with Crippen LogP contribution in [0.3, 0.4) is 0 Å². The first-order valence-electron chi connectivity index (χ1n) is 10.7. The minimum absolute atomic E-state index is 0.213. The molecule has 1 unspecified atom stereocenters. The van der Waals surface area contributed by atoms with Crippen molar-refractivity contribution in [3.05, 3.63) is 30.3 Å². The van der Waals surface area contributed by atoms with Crippen molar-refractivity contribution >= 4 is 22.3 Å². The molecule has 2 fully saturated rings. The number of benzene rings is 1. The van der Waals surface area contributed by atoms with Crippen molar-refractivity contribution in [2.75, 3.05) is 0 Å². The molecule has 2 saturated carbocycles. The van der Waals surface area contributed by atoms with Gasteiger partial charge in [0.05, 0.1) is 14.4 Å². The van der Waals surface area contributed by atoms with Gasteiger partial charge in [0.15, 0.2) is 8.32 Å². The van der Waals surface area contributed by atoms with Crippen molar-refractivity contribution in [3.8, 4) is 0 Å². The van der Waals surface area contributed by atoms with Gasteiger partial charge in [-0.05, 0) is 49.2 Å². The summed E-state index contributed by atoms with van der Waals surface area (Å²) in [6.07, 6.45) is 8.23. The van der Waals surface area contributed by atoms with Gasteiger partial charge in [-0.3, -0.25) is 0 Å². The summed E-state index contributed by atoms with van der Waals surface area (Å²) >= 11 is 0. The molecule has 0 aliphatic heterocycles. The maximum atomic E-state index is 7.22. The second-order valence-electron chi connectivity index (χ2n) is 10.4. The van der Waals surface area contributed by atoms with E-state index < -0.39 is 17.1 Å². The molecule has 1 radical (unpaired) electrons. The summed E-state index contributed by atoms with van der Waals surface area (Å²) in [4.78, 5) is 0. The molecule has 1 aromatic carbocycles. The van der Waals surface area contributed by atoms with Crippen LogP contribution in [-0.2, 0) is 4.43 Å². The molecule has 26 heavy (non-hydrogen) atoms. The lowest BCUT2D eigenvalue weighted by atomic mass is 9.71. The quantitative estimate of drug-likeness (QED) is 0.533. The first kappa shape index (κ1) is 20.4. The molecule has 1 aromatic rings. The molecule has 3 rings (SSSR count). The number of rotatable bonds is 5. The summed E-state index contributed by atoms with van der Waals surface area (Å²) in [6, 6.07) is 12.7. The molecule has 3 atom stereocenters. The second kappa shape index (κ2) is 7.56. The van der Waals surface area contributed by atoms with Crippen molar-refractivity contribution in [2.24, 2.45) is 11.8 Å². The van der Waals surface area contributed by atoms with E-state index in [0.29, 0.717) is 5.04 Å². The molecular weight excluding hydrogens is 348 g/mol. The van der Waals surface area contributed by atoms with Crippen molar-refractivity contribution in [1.29, 1.82) is 0 Å². The molecule has 0 N–H and O–H groups in total. The Hall–Kier alpha value is -0.386. The fourth-order valence-corrected chi connectivity index (χ4v) is 9.18. The number of hydrogen-bond donors (Lipinski definition) is 0. The summed E-state index contributed by atoms with van der Waals surface area (Å²) in [5.74, 6) is 1.70. The first-order valence-corrected chi connectivity index (χ1v) is 15.8. The zero-order chi connectivity index (χ0) is 19.0. The molecule has 2 aliphatic carbocycles. The Balaban J connectivity index is 1.76. The van der Waals surface area contributed by atoms with Crippen LogP contribution in [0.4, 0.5) is 0 Å². The first-order chi connectivity index (χ1) is 12.1. The van der Waals surface area contributed by atoms with E-state index in [0.717, 1.165) is 11.8 Å². The average Bonchev–Trinajstić information content (AvgIpc) is 2.98. The molecule has 1 nitrogen and oxygen atoms in total. The van der Waals surface area contributed by atoms with Crippen LogP contribution in [0.1, 0.15) is 59.3 Å². The van der Waals surface area contributed by atoms with Gasteiger partial charge in [0.2, 0.25) is 0 Å². The Morgan fingerprint density at radius 2 is 1.69 bits per heavy atom. The van der Waals surface area contributed by atoms with Crippen LogP contribution in [0, 0.1) is 11.8 Å². The van der Waals surface area contributed by atoms with E-state index >= 15 is 0 Å². The van der Waals surface area contributed by atoms with Gasteiger partial charge in [-0.25, -0.2) is 0 Å². The van der Waals surface area contributed by atoms with Gasteiger partial charge in [0, 0.05) is 0 Å². The zero-order valence-corrected chi connectivity index (χ0v) is 19.9. The smallest absolute Gasteiger partial charge is 0.192 e. The van der Waals surface area contributed by atoms with Crippen LogP contribution in [0.5, 0.6) is 0 Å². The van der Waals surface area contributed by atoms with Crippen LogP contribution < -0.4 is 5.19 Å². The highest BCUT2D eigenvalue weighted by molar-refractivity contribution is 6.74. The standard InChI is InChI=1S/C23H39OSi2/c1-22(2,3)26(5,6)24-23-16-10-12-19(21(23)15-11-17-23)18-25(4)20-13-8-7-9-14-20/h7-9,13-14,19,21H,10-12,15-18H2,1-6H3/t19?,21-,23-/m1/s1. The van der Waals surface area contributed by atoms with Gasteiger partial charge in [-0.15, -0.1) is 0 Å². The number of hydrogen-bond acceptors (Lipinski definition) is 1. The molecule has 145 valence electrons. The molecule has 0 aromatic heterocycles. The van der Waals surface area contributed by atoms with Crippen LogP contribution in [0.2, 0.25) is 30.7 Å². The molecule has 0 spiro atoms. The van der Waals surface area contributed by atoms with Crippen molar-refractivity contribution < 1.29 is 4.43 Å². The Bertz CT molecular complexity index is 592. The van der Waals surface area contributed by atoms with E-state index in [1.807, 2.05) is 0 Å². The van der Waals surface area contributed by atoms with E-state index in [4.69, 9.17) is 4.43 Å². The Morgan fingerprint density at radius 3 is 2.31 bits per heavy atom. The van der Waals surface area contributed by atoms with Gasteiger partial charge >= 0.3 is 0 Å². The van der Waals surface area contributed by atoms with E-state index in [-0.39, 0.29) is 5.60 Å². The van der Waals surface area contributed by atoms with Crippen molar-refractivity contribution in [3.63, 3.8) is 0 Å². The third-order valence-electron chi connectivity index (χ3n) is 7.63. The van der Waals surface area contributed by atoms with E-state index in [2.05, 4.69) is 70.7 Å². The van der Waals surface area contributed by atoms with Gasteiger partial charge in [-0.1, -0.05) is 88.1 Å². The molecule has 0 saturated heterocycles. The minimum Gasteiger partial charge on any atom is -0.411 e. The lowest BCUT2D eigenvalue weighted by Crippen LogP contribution is -2.54. The largest absolute Gasteiger partial charge is 0.411 e. The highest BCUT2D eigenvalue weighted by Crippen LogP contribution is 2.55. The highest BCUT2D eigenvalue weighted by atomic mass is 28.4. The topological polar surface area (TPSA) is 9.23 Å². The third-order valence-corrected chi connectivity index (χ3v) is 14.6. The fourth-order valence-electron chi connectivity index (χ4n) is 5.23. The normalized spacial score (nSPS) is 29.8. The van der Waals surface area contributed by atoms with Crippen LogP contribution in [0.15, 0.2) is 30.3 Å². The molecule has 0 heterocycles. The van der Waals surface area contributed by atoms with Gasteiger partial charge in [0.1, 0.15) is 0 Å². The van der Waals surface area contributed by atoms with Crippen LogP contribution >= 0.6 is 0 Å². The maximum Gasteiger partial charge on any atom is 0.192 e. The predicted octanol–water partition coefficient (Wildman–Crippen LogP) is 6.38. The zero-order valence-electron chi connectivity index (χ0n) is 17.9. The van der Waals surface area contributed by atoms with Gasteiger partial charge in [0.25, 0.3) is 0 Å². The van der Waals surface area contributed by atoms with E-state index in [1.165, 1.54) is 44.6 Å². The Labute approximate surface area is 164 Å². The summed E-state index contributed by atoms with van der Waals surface area (Å²) < 4.78 is 7.22. The summed E-state index contributed by atoms with van der Waals surface area (Å²) in [7, 11) is -2.16. The fraction of sp³-hybridized carbons (Fsp3) is 0.739. The maximum absolute atomic E-state index is 7.22. The number of fused-ring (bicyclic) bond motifs is 1. The summed E-state index contributed by atoms with van der Waals surface area (Å²) in [6.45, 7) is 14.6. The van der Waals surface area contributed by atoms with Crippen LogP contribution in [0.25, 0.3) is 0 Å². The lowest BCUT2D eigenvalue weighted by Gasteiger charge is -2.51. The van der Waals surface area contributed by atoms with Gasteiger partial charge in [-0.2, -0.15) is 0 Å². The lowest BCUT2D eigenvalue weighted by molar-refractivity contribution is -0.0370. The summed E-state index contributed by atoms with van der Waals surface area (Å²) in [5, 5.41) is 1.92. The average molecular weight is 388 g/mol. The molecule has 2 aliphatic rings. The second-order valence-corrected chi connectivity index (χ2v) is 17.7. The molecule has 0 bridgehead atoms. The van der Waals surface area contributed by atoms with E-state index in [9.17, 15) is 0 Å². The van der Waals surface area contributed by atoms with E-state index in [1.54, 1.807) is 5.19 Å². The molecule has 3 heteroatoms. The third kappa shape index (κ3) is 4.05. The summed E-state index contributed by atoms with van der Waals surface area (Å²) in [5.41, 5.74) is 0.213. The Morgan fingerprint density at radius 1 is 1.08 bits per heavy atom. The molecule has 0 amide bonds. The Kier molecular flexibility index (Phi) is 5.92. The van der Waals surface area contributed by atoms with Crippen molar-refractivity contribution in [2.45, 2.75) is 95.6 Å². The SMILES string of the molecule is C[Si](CC1CCC[C@@]2(O[Si](C)(C)C(C)(C)C)CCC[C@H]12)c1ccccc1.